The van der Waals surface area contributed by atoms with Gasteiger partial charge in [0.1, 0.15) is 11.1 Å². The molecule has 0 radical (unpaired) electrons. The molecule has 1 aromatic rings. The highest BCUT2D eigenvalue weighted by Gasteiger charge is 2.59. The van der Waals surface area contributed by atoms with Crippen LogP contribution in [0.4, 0.5) is 13.2 Å². The van der Waals surface area contributed by atoms with Gasteiger partial charge in [-0.2, -0.15) is 13.2 Å². The smallest absolute Gasteiger partial charge is 0.415 e. The summed E-state index contributed by atoms with van der Waals surface area (Å²) in [5, 5.41) is 0. The van der Waals surface area contributed by atoms with Crippen molar-refractivity contribution in [3.05, 3.63) is 24.3 Å². The molecule has 0 aromatic carbocycles. The van der Waals surface area contributed by atoms with Crippen LogP contribution in [-0.4, -0.2) is 25.4 Å². The number of nitrogens with one attached hydrogen (secondary N) is 1. The monoisotopic (exact) mass is 309 g/mol. The predicted molar refractivity (Wildman–Crippen MR) is 71.1 cm³/mol. The van der Waals surface area contributed by atoms with Gasteiger partial charge < -0.3 is 4.55 Å². The molecule has 0 bridgehead atoms. The molecule has 1 unspecified atom stereocenters. The van der Waals surface area contributed by atoms with Crippen LogP contribution in [0, 0.1) is 0 Å². The van der Waals surface area contributed by atoms with Gasteiger partial charge in [0, 0.05) is 29.3 Å². The Labute approximate surface area is 119 Å². The van der Waals surface area contributed by atoms with E-state index >= 15 is 0 Å². The molecular weight excluding hydrogens is 291 g/mol. The molecule has 0 saturated carbocycles. The molecule has 2 atom stereocenters. The summed E-state index contributed by atoms with van der Waals surface area (Å²) in [4.78, 5) is 7.26. The maximum atomic E-state index is 13.6. The van der Waals surface area contributed by atoms with Crippen molar-refractivity contribution in [2.75, 3.05) is 0 Å². The topological polar surface area (TPSA) is 60.9 Å². The Morgan fingerprint density at radius 1 is 1.20 bits per heavy atom. The van der Waals surface area contributed by atoms with Crippen LogP contribution in [0.5, 0.6) is 0 Å². The summed E-state index contributed by atoms with van der Waals surface area (Å²) in [6, 6.07) is 0. The highest BCUT2D eigenvalue weighted by Crippen LogP contribution is 2.42. The van der Waals surface area contributed by atoms with Crippen molar-refractivity contribution in [1.82, 2.24) is 14.7 Å². The Balaban J connectivity index is 3.28. The molecule has 8 heteroatoms. The number of aromatic nitrogens is 2. The van der Waals surface area contributed by atoms with Crippen LogP contribution in [0.1, 0.15) is 39.7 Å². The summed E-state index contributed by atoms with van der Waals surface area (Å²) in [6.45, 7) is 6.20. The predicted octanol–water partition coefficient (Wildman–Crippen LogP) is 2.70. The van der Waals surface area contributed by atoms with Gasteiger partial charge in [-0.3, -0.25) is 0 Å². The first kappa shape index (κ1) is 17.2. The molecule has 0 aliphatic carbocycles. The Morgan fingerprint density at radius 3 is 2.05 bits per heavy atom. The van der Waals surface area contributed by atoms with E-state index in [0.717, 1.165) is 18.7 Å². The van der Waals surface area contributed by atoms with E-state index in [9.17, 15) is 17.7 Å². The van der Waals surface area contributed by atoms with Crippen molar-refractivity contribution in [3.8, 4) is 0 Å². The Kier molecular flexibility index (Phi) is 5.04. The van der Waals surface area contributed by atoms with Gasteiger partial charge in [0.05, 0.1) is 0 Å². The molecule has 0 saturated heterocycles. The molecule has 0 aliphatic rings. The lowest BCUT2D eigenvalue weighted by Gasteiger charge is -2.37. The van der Waals surface area contributed by atoms with Gasteiger partial charge in [0.15, 0.2) is 5.54 Å². The third kappa shape index (κ3) is 3.42. The highest BCUT2D eigenvalue weighted by molar-refractivity contribution is 7.90. The lowest BCUT2D eigenvalue weighted by atomic mass is 9.90. The molecule has 0 fully saturated rings. The second-order valence-corrected chi connectivity index (χ2v) is 7.33. The first-order valence-corrected chi connectivity index (χ1v) is 7.21. The minimum absolute atomic E-state index is 0.146. The summed E-state index contributed by atoms with van der Waals surface area (Å²) < 4.78 is 54.2. The lowest BCUT2D eigenvalue weighted by molar-refractivity contribution is -0.196. The second-order valence-electron chi connectivity index (χ2n) is 5.37. The molecule has 1 rings (SSSR count). The molecule has 0 amide bonds. The maximum absolute atomic E-state index is 13.6. The minimum atomic E-state index is -4.62. The van der Waals surface area contributed by atoms with E-state index in [2.05, 4.69) is 14.7 Å². The second kappa shape index (κ2) is 5.87. The molecule has 1 aromatic heterocycles. The average molecular weight is 309 g/mol. The van der Waals surface area contributed by atoms with Crippen LogP contribution >= 0.6 is 0 Å². The first-order chi connectivity index (χ1) is 9.04. The zero-order valence-electron chi connectivity index (χ0n) is 11.8. The summed E-state index contributed by atoms with van der Waals surface area (Å²) in [5.41, 5.74) is -2.57. The number of rotatable bonds is 4. The standard InChI is InChI=1S/C12H18F3N3OS/c1-5-11(12(13,14)15,9-6-16-8-17-7-9)18-20(19)10(2,3)4/h6-8,18H,5H2,1-4H3/t11-,20?/m1/s1. The van der Waals surface area contributed by atoms with Crippen molar-refractivity contribution in [2.45, 2.75) is 50.6 Å². The molecular formula is C12H18F3N3OS. The van der Waals surface area contributed by atoms with E-state index in [1.165, 1.54) is 6.92 Å². The van der Waals surface area contributed by atoms with Gasteiger partial charge in [0.25, 0.3) is 0 Å². The van der Waals surface area contributed by atoms with Crippen LogP contribution in [0.2, 0.25) is 0 Å². The third-order valence-electron chi connectivity index (χ3n) is 2.89. The molecule has 1 heterocycles. The van der Waals surface area contributed by atoms with Gasteiger partial charge in [-0.1, -0.05) is 6.92 Å². The molecule has 4 nitrogen and oxygen atoms in total. The molecule has 20 heavy (non-hydrogen) atoms. The summed E-state index contributed by atoms with van der Waals surface area (Å²) >= 11 is -1.88. The van der Waals surface area contributed by atoms with E-state index < -0.39 is 27.8 Å². The van der Waals surface area contributed by atoms with Crippen LogP contribution in [-0.2, 0) is 16.9 Å². The zero-order chi connectivity index (χ0) is 15.6. The van der Waals surface area contributed by atoms with Gasteiger partial charge in [-0.15, -0.1) is 4.72 Å². The fraction of sp³-hybridized carbons (Fsp3) is 0.667. The van der Waals surface area contributed by atoms with Gasteiger partial charge in [0.2, 0.25) is 0 Å². The normalized spacial score (nSPS) is 17.6. The average Bonchev–Trinajstić information content (AvgIpc) is 2.34. The largest absolute Gasteiger partial charge is 0.598 e. The van der Waals surface area contributed by atoms with Crippen LogP contribution in [0.25, 0.3) is 0 Å². The third-order valence-corrected chi connectivity index (χ3v) is 4.54. The van der Waals surface area contributed by atoms with E-state index in [1.807, 2.05) is 0 Å². The van der Waals surface area contributed by atoms with Crippen molar-refractivity contribution in [1.29, 1.82) is 0 Å². The van der Waals surface area contributed by atoms with Gasteiger partial charge in [-0.05, 0) is 27.2 Å². The van der Waals surface area contributed by atoms with Crippen molar-refractivity contribution >= 4 is 11.4 Å². The van der Waals surface area contributed by atoms with Gasteiger partial charge in [-0.25, -0.2) is 9.97 Å². The number of hydrogen-bond donors (Lipinski definition) is 1. The Hall–Kier alpha value is -0.860. The fourth-order valence-corrected chi connectivity index (χ4v) is 2.59. The van der Waals surface area contributed by atoms with E-state index in [1.54, 1.807) is 20.8 Å². The van der Waals surface area contributed by atoms with Crippen LogP contribution in [0.15, 0.2) is 18.7 Å². The SMILES string of the molecule is CC[C@@](N[S+]([O-])C(C)(C)C)(c1cncnc1)C(F)(F)F. The Bertz CT molecular complexity index is 436. The fourth-order valence-electron chi connectivity index (χ4n) is 1.59. The molecule has 0 spiro atoms. The van der Waals surface area contributed by atoms with Gasteiger partial charge >= 0.3 is 6.18 Å². The molecule has 114 valence electrons. The summed E-state index contributed by atoms with van der Waals surface area (Å²) in [5.74, 6) is 0. The quantitative estimate of drug-likeness (QED) is 0.869. The number of halogens is 3. The van der Waals surface area contributed by atoms with Crippen LogP contribution in [0.3, 0.4) is 0 Å². The first-order valence-electron chi connectivity index (χ1n) is 6.06. The van der Waals surface area contributed by atoms with E-state index in [4.69, 9.17) is 0 Å². The summed E-state index contributed by atoms with van der Waals surface area (Å²) in [7, 11) is 0. The minimum Gasteiger partial charge on any atom is -0.598 e. The van der Waals surface area contributed by atoms with Crippen LogP contribution < -0.4 is 4.72 Å². The number of hydrogen-bond acceptors (Lipinski definition) is 4. The van der Waals surface area contributed by atoms with Crippen molar-refractivity contribution < 1.29 is 17.7 Å². The highest BCUT2D eigenvalue weighted by atomic mass is 32.2. The molecule has 1 N–H and O–H groups in total. The lowest BCUT2D eigenvalue weighted by Crippen LogP contribution is -2.58. The van der Waals surface area contributed by atoms with E-state index in [-0.39, 0.29) is 12.0 Å². The molecule has 0 aliphatic heterocycles. The van der Waals surface area contributed by atoms with Crippen molar-refractivity contribution in [2.24, 2.45) is 0 Å². The number of alkyl halides is 3. The maximum Gasteiger partial charge on any atom is 0.415 e. The Morgan fingerprint density at radius 2 is 1.70 bits per heavy atom. The number of nitrogens with zero attached hydrogens (tertiary/aromatic N) is 2. The summed E-state index contributed by atoms with van der Waals surface area (Å²) in [6.07, 6.45) is -1.59. The zero-order valence-corrected chi connectivity index (χ0v) is 12.6. The van der Waals surface area contributed by atoms with E-state index in [0.29, 0.717) is 0 Å². The van der Waals surface area contributed by atoms with Crippen molar-refractivity contribution in [3.63, 3.8) is 0 Å².